The number of rotatable bonds is 7. The molecule has 1 aliphatic heterocycles. The third-order valence-corrected chi connectivity index (χ3v) is 4.09. The zero-order chi connectivity index (χ0) is 14.3. The molecule has 19 heavy (non-hydrogen) atoms. The van der Waals surface area contributed by atoms with Crippen LogP contribution in [0, 0.1) is 17.2 Å². The standard InChI is InChI=1S/C15H29N3O/c1-5-17-15(3,12-16)9-13(2)18-8-6-7-14(10-18)11-19-4/h13-14,17H,5-11H2,1-4H3. The van der Waals surface area contributed by atoms with Gasteiger partial charge in [0.15, 0.2) is 0 Å². The molecule has 0 spiro atoms. The average molecular weight is 267 g/mol. The predicted octanol–water partition coefficient (Wildman–Crippen LogP) is 2.02. The summed E-state index contributed by atoms with van der Waals surface area (Å²) in [5, 5.41) is 12.7. The number of likely N-dealkylation sites (tertiary alicyclic amines) is 1. The van der Waals surface area contributed by atoms with E-state index in [1.54, 1.807) is 7.11 Å². The second-order valence-electron chi connectivity index (χ2n) is 5.99. The zero-order valence-electron chi connectivity index (χ0n) is 12.9. The topological polar surface area (TPSA) is 48.3 Å². The van der Waals surface area contributed by atoms with E-state index in [1.165, 1.54) is 12.8 Å². The number of nitrogens with one attached hydrogen (secondary N) is 1. The van der Waals surface area contributed by atoms with Gasteiger partial charge in [-0.2, -0.15) is 5.26 Å². The largest absolute Gasteiger partial charge is 0.384 e. The van der Waals surface area contributed by atoms with Crippen LogP contribution in [0.2, 0.25) is 0 Å². The van der Waals surface area contributed by atoms with Gasteiger partial charge in [-0.15, -0.1) is 0 Å². The first-order valence-corrected chi connectivity index (χ1v) is 7.44. The van der Waals surface area contributed by atoms with Crippen molar-refractivity contribution in [2.45, 2.75) is 51.6 Å². The molecule has 0 aromatic rings. The summed E-state index contributed by atoms with van der Waals surface area (Å²) in [5.41, 5.74) is -0.414. The molecular weight excluding hydrogens is 238 g/mol. The predicted molar refractivity (Wildman–Crippen MR) is 77.9 cm³/mol. The van der Waals surface area contributed by atoms with Crippen LogP contribution < -0.4 is 5.32 Å². The quantitative estimate of drug-likeness (QED) is 0.766. The Hall–Kier alpha value is -0.630. The van der Waals surface area contributed by atoms with Crippen LogP contribution in [0.15, 0.2) is 0 Å². The maximum atomic E-state index is 9.35. The first-order valence-electron chi connectivity index (χ1n) is 7.44. The Kier molecular flexibility index (Phi) is 6.78. The Labute approximate surface area is 118 Å². The molecule has 1 fully saturated rings. The maximum Gasteiger partial charge on any atom is 0.105 e. The Bertz CT molecular complexity index is 300. The molecular formula is C15H29N3O. The molecule has 1 N–H and O–H groups in total. The molecule has 1 rings (SSSR count). The first-order chi connectivity index (χ1) is 9.04. The van der Waals surface area contributed by atoms with E-state index in [9.17, 15) is 5.26 Å². The molecule has 0 aliphatic carbocycles. The number of hydrogen-bond acceptors (Lipinski definition) is 4. The Balaban J connectivity index is 2.52. The summed E-state index contributed by atoms with van der Waals surface area (Å²) < 4.78 is 5.28. The van der Waals surface area contributed by atoms with E-state index in [0.29, 0.717) is 12.0 Å². The minimum Gasteiger partial charge on any atom is -0.384 e. The van der Waals surface area contributed by atoms with Crippen molar-refractivity contribution in [1.82, 2.24) is 10.2 Å². The molecule has 4 heteroatoms. The molecule has 0 saturated carbocycles. The van der Waals surface area contributed by atoms with Crippen LogP contribution in [0.4, 0.5) is 0 Å². The number of piperidine rings is 1. The fourth-order valence-electron chi connectivity index (χ4n) is 3.14. The maximum absolute atomic E-state index is 9.35. The summed E-state index contributed by atoms with van der Waals surface area (Å²) in [6.07, 6.45) is 3.37. The van der Waals surface area contributed by atoms with Gasteiger partial charge < -0.3 is 9.64 Å². The summed E-state index contributed by atoms with van der Waals surface area (Å²) in [6, 6.07) is 2.86. The van der Waals surface area contributed by atoms with Crippen molar-refractivity contribution < 1.29 is 4.74 Å². The fourth-order valence-corrected chi connectivity index (χ4v) is 3.14. The SMILES string of the molecule is CCNC(C)(C#N)CC(C)N1CCCC(COC)C1. The van der Waals surface area contributed by atoms with Crippen LogP contribution in [0.1, 0.15) is 40.0 Å². The van der Waals surface area contributed by atoms with Crippen LogP contribution in [-0.4, -0.2) is 49.8 Å². The third-order valence-electron chi connectivity index (χ3n) is 4.09. The van der Waals surface area contributed by atoms with E-state index in [2.05, 4.69) is 30.1 Å². The van der Waals surface area contributed by atoms with E-state index < -0.39 is 5.54 Å². The number of hydrogen-bond donors (Lipinski definition) is 1. The van der Waals surface area contributed by atoms with Gasteiger partial charge in [-0.3, -0.25) is 5.32 Å². The summed E-state index contributed by atoms with van der Waals surface area (Å²) in [4.78, 5) is 2.51. The smallest absolute Gasteiger partial charge is 0.105 e. The Morgan fingerprint density at radius 2 is 2.32 bits per heavy atom. The first kappa shape index (κ1) is 16.4. The molecule has 4 nitrogen and oxygen atoms in total. The summed E-state index contributed by atoms with van der Waals surface area (Å²) in [5.74, 6) is 0.647. The fraction of sp³-hybridized carbons (Fsp3) is 0.933. The van der Waals surface area contributed by atoms with E-state index in [4.69, 9.17) is 4.74 Å². The van der Waals surface area contributed by atoms with Crippen LogP contribution in [-0.2, 0) is 4.74 Å². The van der Waals surface area contributed by atoms with Crippen molar-refractivity contribution in [3.8, 4) is 6.07 Å². The van der Waals surface area contributed by atoms with Crippen LogP contribution in [0.5, 0.6) is 0 Å². The molecule has 0 bridgehead atoms. The van der Waals surface area contributed by atoms with Gasteiger partial charge >= 0.3 is 0 Å². The number of methoxy groups -OCH3 is 1. The van der Waals surface area contributed by atoms with Crippen LogP contribution >= 0.6 is 0 Å². The van der Waals surface area contributed by atoms with Gasteiger partial charge in [-0.1, -0.05) is 6.92 Å². The summed E-state index contributed by atoms with van der Waals surface area (Å²) in [7, 11) is 1.78. The molecule has 1 saturated heterocycles. The van der Waals surface area contributed by atoms with Gasteiger partial charge in [-0.05, 0) is 52.1 Å². The van der Waals surface area contributed by atoms with Gasteiger partial charge in [0.25, 0.3) is 0 Å². The average Bonchev–Trinajstić information content (AvgIpc) is 2.39. The van der Waals surface area contributed by atoms with Gasteiger partial charge in [0, 0.05) is 19.7 Å². The van der Waals surface area contributed by atoms with Crippen molar-refractivity contribution in [2.75, 3.05) is 33.4 Å². The summed E-state index contributed by atoms with van der Waals surface area (Å²) in [6.45, 7) is 10.2. The highest BCUT2D eigenvalue weighted by atomic mass is 16.5. The second kappa shape index (κ2) is 7.84. The lowest BCUT2D eigenvalue weighted by atomic mass is 9.91. The second-order valence-corrected chi connectivity index (χ2v) is 5.99. The lowest BCUT2D eigenvalue weighted by Gasteiger charge is -2.39. The van der Waals surface area contributed by atoms with Gasteiger partial charge in [0.2, 0.25) is 0 Å². The molecule has 0 amide bonds. The molecule has 1 heterocycles. The summed E-state index contributed by atoms with van der Waals surface area (Å²) >= 11 is 0. The minimum absolute atomic E-state index is 0.414. The molecule has 3 unspecified atom stereocenters. The number of nitrogens with zero attached hydrogens (tertiary/aromatic N) is 2. The van der Waals surface area contributed by atoms with Crippen molar-refractivity contribution in [3.63, 3.8) is 0 Å². The van der Waals surface area contributed by atoms with E-state index in [1.807, 2.05) is 6.92 Å². The van der Waals surface area contributed by atoms with Gasteiger partial charge in [-0.25, -0.2) is 0 Å². The van der Waals surface area contributed by atoms with E-state index in [-0.39, 0.29) is 0 Å². The molecule has 3 atom stereocenters. The Morgan fingerprint density at radius 1 is 1.58 bits per heavy atom. The number of ether oxygens (including phenoxy) is 1. The molecule has 0 aromatic heterocycles. The third kappa shape index (κ3) is 5.10. The van der Waals surface area contributed by atoms with Crippen molar-refractivity contribution >= 4 is 0 Å². The van der Waals surface area contributed by atoms with Crippen molar-refractivity contribution in [1.29, 1.82) is 5.26 Å². The van der Waals surface area contributed by atoms with Crippen molar-refractivity contribution in [2.24, 2.45) is 5.92 Å². The molecule has 1 aliphatic rings. The minimum atomic E-state index is -0.414. The molecule has 0 radical (unpaired) electrons. The van der Waals surface area contributed by atoms with Crippen molar-refractivity contribution in [3.05, 3.63) is 0 Å². The lowest BCUT2D eigenvalue weighted by Crippen LogP contribution is -2.49. The van der Waals surface area contributed by atoms with Crippen LogP contribution in [0.25, 0.3) is 0 Å². The Morgan fingerprint density at radius 3 is 2.89 bits per heavy atom. The highest BCUT2D eigenvalue weighted by molar-refractivity contribution is 5.05. The normalized spacial score (nSPS) is 25.5. The van der Waals surface area contributed by atoms with Crippen LogP contribution in [0.3, 0.4) is 0 Å². The molecule has 110 valence electrons. The van der Waals surface area contributed by atoms with Gasteiger partial charge in [0.05, 0.1) is 12.7 Å². The zero-order valence-corrected chi connectivity index (χ0v) is 12.9. The lowest BCUT2D eigenvalue weighted by molar-refractivity contribution is 0.0652. The highest BCUT2D eigenvalue weighted by Gasteiger charge is 2.30. The molecule has 0 aromatic carbocycles. The van der Waals surface area contributed by atoms with E-state index in [0.717, 1.165) is 32.7 Å². The van der Waals surface area contributed by atoms with Gasteiger partial charge in [0.1, 0.15) is 5.54 Å². The van der Waals surface area contributed by atoms with E-state index >= 15 is 0 Å². The number of nitriles is 1. The highest BCUT2D eigenvalue weighted by Crippen LogP contribution is 2.22. The monoisotopic (exact) mass is 267 g/mol.